The molecule has 1 unspecified atom stereocenters. The molecule has 0 saturated carbocycles. The van der Waals surface area contributed by atoms with E-state index in [0.717, 1.165) is 0 Å². The topological polar surface area (TPSA) is 37.3 Å². The van der Waals surface area contributed by atoms with Crippen molar-refractivity contribution in [1.82, 2.24) is 0 Å². The molecule has 0 radical (unpaired) electrons. The summed E-state index contributed by atoms with van der Waals surface area (Å²) in [5.41, 5.74) is 1.31. The highest BCUT2D eigenvalue weighted by Gasteiger charge is 2.14. The second-order valence-electron chi connectivity index (χ2n) is 3.91. The molecule has 1 N–H and O–H groups in total. The number of aliphatic hydroxyl groups excluding tert-OH is 1. The van der Waals surface area contributed by atoms with Gasteiger partial charge in [0, 0.05) is 12.0 Å². The lowest BCUT2D eigenvalue weighted by atomic mass is 9.99. The van der Waals surface area contributed by atoms with Crippen molar-refractivity contribution in [3.63, 3.8) is 0 Å². The molecule has 0 aliphatic rings. The summed E-state index contributed by atoms with van der Waals surface area (Å²) in [4.78, 5) is 11.9. The highest BCUT2D eigenvalue weighted by molar-refractivity contribution is 5.96. The third-order valence-electron chi connectivity index (χ3n) is 2.53. The fraction of sp³-hybridized carbons (Fsp3) is 0.188. The number of hydrogen-bond acceptors (Lipinski definition) is 2. The maximum Gasteiger partial charge on any atom is 0.165 e. The predicted octanol–water partition coefficient (Wildman–Crippen LogP) is 3.31. The molecule has 0 spiro atoms. The molecule has 0 saturated heterocycles. The molecule has 2 heteroatoms. The van der Waals surface area contributed by atoms with Gasteiger partial charge in [-0.3, -0.25) is 4.79 Å². The van der Waals surface area contributed by atoms with Crippen LogP contribution in [0, 0.1) is 0 Å². The van der Waals surface area contributed by atoms with Gasteiger partial charge in [0.1, 0.15) is 0 Å². The van der Waals surface area contributed by atoms with Gasteiger partial charge < -0.3 is 5.11 Å². The predicted molar refractivity (Wildman–Crippen MR) is 74.5 cm³/mol. The number of benzene rings is 1. The minimum Gasteiger partial charge on any atom is -0.388 e. The smallest absolute Gasteiger partial charge is 0.165 e. The van der Waals surface area contributed by atoms with Crippen molar-refractivity contribution >= 4 is 5.78 Å². The maximum absolute atomic E-state index is 11.9. The first-order chi connectivity index (χ1) is 8.69. The lowest BCUT2D eigenvalue weighted by Crippen LogP contribution is -2.15. The average molecular weight is 242 g/mol. The number of ketones is 1. The van der Waals surface area contributed by atoms with E-state index in [0.29, 0.717) is 11.1 Å². The van der Waals surface area contributed by atoms with Crippen molar-refractivity contribution in [2.24, 2.45) is 0 Å². The van der Waals surface area contributed by atoms with Crippen molar-refractivity contribution in [3.8, 4) is 0 Å². The number of rotatable bonds is 6. The van der Waals surface area contributed by atoms with Crippen LogP contribution < -0.4 is 0 Å². The molecule has 0 bridgehead atoms. The van der Waals surface area contributed by atoms with E-state index in [1.165, 1.54) is 0 Å². The number of hydrogen-bond donors (Lipinski definition) is 1. The number of Topliss-reactive ketones (excluding diaryl/α,β-unsaturated/α-hetero) is 1. The van der Waals surface area contributed by atoms with E-state index in [1.807, 2.05) is 31.2 Å². The van der Waals surface area contributed by atoms with Crippen LogP contribution in [0.25, 0.3) is 0 Å². The third-order valence-corrected chi connectivity index (χ3v) is 2.53. The van der Waals surface area contributed by atoms with Gasteiger partial charge in [-0.05, 0) is 12.5 Å². The molecule has 0 fully saturated rings. The first-order valence-electron chi connectivity index (χ1n) is 5.90. The lowest BCUT2D eigenvalue weighted by Gasteiger charge is -2.11. The fourth-order valence-corrected chi connectivity index (χ4v) is 1.64. The Morgan fingerprint density at radius 1 is 1.39 bits per heavy atom. The molecular weight excluding hydrogens is 224 g/mol. The molecule has 0 heterocycles. The summed E-state index contributed by atoms with van der Waals surface area (Å²) in [5, 5.41) is 10.0. The summed E-state index contributed by atoms with van der Waals surface area (Å²) in [6, 6.07) is 8.98. The molecule has 18 heavy (non-hydrogen) atoms. The quantitative estimate of drug-likeness (QED) is 0.614. The molecule has 0 aliphatic heterocycles. The SMILES string of the molecule is C=C/C=C(\C=C/C)C(O)CC(=O)c1ccccc1. The molecule has 1 atom stereocenters. The highest BCUT2D eigenvalue weighted by atomic mass is 16.3. The molecule has 0 aromatic heterocycles. The second-order valence-corrected chi connectivity index (χ2v) is 3.91. The molecular formula is C16H18O2. The third kappa shape index (κ3) is 4.15. The first-order valence-corrected chi connectivity index (χ1v) is 5.90. The Morgan fingerprint density at radius 3 is 2.61 bits per heavy atom. The molecule has 0 aliphatic carbocycles. The maximum atomic E-state index is 11.9. The van der Waals surface area contributed by atoms with Crippen LogP contribution in [0.2, 0.25) is 0 Å². The normalized spacial score (nSPS) is 13.6. The Kier molecular flexibility index (Phi) is 5.81. The van der Waals surface area contributed by atoms with Crippen molar-refractivity contribution in [2.45, 2.75) is 19.4 Å². The van der Waals surface area contributed by atoms with Crippen LogP contribution in [0.1, 0.15) is 23.7 Å². The molecule has 2 nitrogen and oxygen atoms in total. The standard InChI is InChI=1S/C16H18O2/c1-3-8-13(9-4-2)15(17)12-16(18)14-10-6-5-7-11-14/h3-11,15,17H,1,12H2,2H3/b9-4-,13-8+. The van der Waals surface area contributed by atoms with Crippen molar-refractivity contribution < 1.29 is 9.90 Å². The number of carbonyl (C=O) groups excluding carboxylic acids is 1. The van der Waals surface area contributed by atoms with E-state index < -0.39 is 6.10 Å². The van der Waals surface area contributed by atoms with E-state index >= 15 is 0 Å². The van der Waals surface area contributed by atoms with Crippen LogP contribution in [0.3, 0.4) is 0 Å². The Balaban J connectivity index is 2.75. The lowest BCUT2D eigenvalue weighted by molar-refractivity contribution is 0.0917. The van der Waals surface area contributed by atoms with Gasteiger partial charge in [-0.2, -0.15) is 0 Å². The molecule has 1 aromatic rings. The summed E-state index contributed by atoms with van der Waals surface area (Å²) >= 11 is 0. The van der Waals surface area contributed by atoms with Crippen LogP contribution in [-0.4, -0.2) is 17.0 Å². The Labute approximate surface area is 108 Å². The molecule has 0 amide bonds. The van der Waals surface area contributed by atoms with Gasteiger partial charge in [-0.25, -0.2) is 0 Å². The first kappa shape index (κ1) is 14.1. The van der Waals surface area contributed by atoms with Gasteiger partial charge in [0.05, 0.1) is 6.10 Å². The zero-order valence-electron chi connectivity index (χ0n) is 10.5. The van der Waals surface area contributed by atoms with Gasteiger partial charge in [0.15, 0.2) is 5.78 Å². The summed E-state index contributed by atoms with van der Waals surface area (Å²) in [7, 11) is 0. The second kappa shape index (κ2) is 7.41. The van der Waals surface area contributed by atoms with Gasteiger partial charge in [-0.1, -0.05) is 61.2 Å². The van der Waals surface area contributed by atoms with Crippen molar-refractivity contribution in [3.05, 3.63) is 72.4 Å². The zero-order chi connectivity index (χ0) is 13.4. The largest absolute Gasteiger partial charge is 0.388 e. The van der Waals surface area contributed by atoms with Gasteiger partial charge in [0.2, 0.25) is 0 Å². The average Bonchev–Trinajstić information content (AvgIpc) is 2.39. The monoisotopic (exact) mass is 242 g/mol. The van der Waals surface area contributed by atoms with Crippen LogP contribution in [-0.2, 0) is 0 Å². The van der Waals surface area contributed by atoms with E-state index in [-0.39, 0.29) is 12.2 Å². The van der Waals surface area contributed by atoms with Crippen LogP contribution in [0.5, 0.6) is 0 Å². The van der Waals surface area contributed by atoms with Crippen molar-refractivity contribution in [2.75, 3.05) is 0 Å². The zero-order valence-corrected chi connectivity index (χ0v) is 10.5. The summed E-state index contributed by atoms with van der Waals surface area (Å²) in [5.74, 6) is -0.0671. The number of carbonyl (C=O) groups is 1. The minimum absolute atomic E-state index is 0.0671. The fourth-order valence-electron chi connectivity index (χ4n) is 1.64. The van der Waals surface area contributed by atoms with Crippen LogP contribution >= 0.6 is 0 Å². The van der Waals surface area contributed by atoms with Gasteiger partial charge in [-0.15, -0.1) is 0 Å². The Bertz CT molecular complexity index is 455. The van der Waals surface area contributed by atoms with E-state index in [9.17, 15) is 9.90 Å². The van der Waals surface area contributed by atoms with Crippen LogP contribution in [0.15, 0.2) is 66.8 Å². The van der Waals surface area contributed by atoms with Gasteiger partial charge >= 0.3 is 0 Å². The van der Waals surface area contributed by atoms with Crippen LogP contribution in [0.4, 0.5) is 0 Å². The van der Waals surface area contributed by atoms with E-state index in [1.54, 1.807) is 30.4 Å². The minimum atomic E-state index is -0.799. The van der Waals surface area contributed by atoms with Gasteiger partial charge in [0.25, 0.3) is 0 Å². The number of aliphatic hydroxyl groups is 1. The Hall–Kier alpha value is -1.93. The van der Waals surface area contributed by atoms with E-state index in [4.69, 9.17) is 0 Å². The van der Waals surface area contributed by atoms with E-state index in [2.05, 4.69) is 6.58 Å². The molecule has 1 aromatic carbocycles. The molecule has 94 valence electrons. The summed E-state index contributed by atoms with van der Waals surface area (Å²) in [6.07, 6.45) is 6.20. The summed E-state index contributed by atoms with van der Waals surface area (Å²) in [6.45, 7) is 5.46. The Morgan fingerprint density at radius 2 is 2.06 bits per heavy atom. The highest BCUT2D eigenvalue weighted by Crippen LogP contribution is 2.13. The summed E-state index contributed by atoms with van der Waals surface area (Å²) < 4.78 is 0. The number of allylic oxidation sites excluding steroid dienone is 3. The van der Waals surface area contributed by atoms with Crippen molar-refractivity contribution in [1.29, 1.82) is 0 Å². The molecule has 1 rings (SSSR count).